The Labute approximate surface area is 120 Å². The van der Waals surface area contributed by atoms with Gasteiger partial charge in [0.05, 0.1) is 11.4 Å². The van der Waals surface area contributed by atoms with Crippen LogP contribution in [0.4, 0.5) is 0 Å². The van der Waals surface area contributed by atoms with Crippen molar-refractivity contribution in [2.24, 2.45) is 0 Å². The molecule has 0 aromatic heterocycles. The molecule has 9 heteroatoms. The van der Waals surface area contributed by atoms with Gasteiger partial charge < -0.3 is 15.5 Å². The highest BCUT2D eigenvalue weighted by Crippen LogP contribution is 2.21. The fourth-order valence-corrected chi connectivity index (χ4v) is 2.61. The molecule has 1 aliphatic carbocycles. The van der Waals surface area contributed by atoms with E-state index in [1.807, 2.05) is 0 Å². The summed E-state index contributed by atoms with van der Waals surface area (Å²) >= 11 is 0. The van der Waals surface area contributed by atoms with Crippen LogP contribution in [-0.4, -0.2) is 43.1 Å². The molecular formula is C12H14N2O6S. The molecule has 1 saturated carbocycles. The van der Waals surface area contributed by atoms with Crippen LogP contribution in [0, 0.1) is 0 Å². The van der Waals surface area contributed by atoms with Gasteiger partial charge >= 0.3 is 5.97 Å². The molecule has 1 aliphatic rings. The van der Waals surface area contributed by atoms with Crippen LogP contribution in [0.25, 0.3) is 0 Å². The van der Waals surface area contributed by atoms with E-state index >= 15 is 0 Å². The van der Waals surface area contributed by atoms with E-state index < -0.39 is 39.8 Å². The van der Waals surface area contributed by atoms with Gasteiger partial charge in [-0.25, -0.2) is 17.9 Å². The summed E-state index contributed by atoms with van der Waals surface area (Å²) in [6.07, 6.45) is 1.77. The molecule has 114 valence electrons. The first-order valence-electron chi connectivity index (χ1n) is 6.15. The molecule has 1 amide bonds. The minimum Gasteiger partial charge on any atom is -0.507 e. The molecule has 0 atom stereocenters. The summed E-state index contributed by atoms with van der Waals surface area (Å²) < 4.78 is 26.0. The molecule has 0 spiro atoms. The Kier molecular flexibility index (Phi) is 4.14. The van der Waals surface area contributed by atoms with Gasteiger partial charge in [0.1, 0.15) is 11.3 Å². The first-order chi connectivity index (χ1) is 9.79. The number of aromatic hydroxyl groups is 1. The second kappa shape index (κ2) is 5.70. The third-order valence-electron chi connectivity index (χ3n) is 2.87. The predicted molar refractivity (Wildman–Crippen MR) is 71.4 cm³/mol. The van der Waals surface area contributed by atoms with Crippen LogP contribution in [0.3, 0.4) is 0 Å². The molecule has 0 bridgehead atoms. The number of rotatable bonds is 6. The van der Waals surface area contributed by atoms with Crippen molar-refractivity contribution < 1.29 is 28.2 Å². The second-order valence-electron chi connectivity index (χ2n) is 4.65. The van der Waals surface area contributed by atoms with E-state index in [2.05, 4.69) is 10.0 Å². The lowest BCUT2D eigenvalue weighted by Crippen LogP contribution is -2.37. The number of hydrogen-bond acceptors (Lipinski definition) is 5. The van der Waals surface area contributed by atoms with Crippen LogP contribution in [0.5, 0.6) is 5.75 Å². The zero-order valence-corrected chi connectivity index (χ0v) is 11.7. The second-order valence-corrected chi connectivity index (χ2v) is 6.42. The van der Waals surface area contributed by atoms with Crippen LogP contribution in [0.1, 0.15) is 23.2 Å². The van der Waals surface area contributed by atoms with E-state index in [1.165, 1.54) is 0 Å². The molecule has 1 fully saturated rings. The Morgan fingerprint density at radius 1 is 1.29 bits per heavy atom. The fraction of sp³-hybridized carbons (Fsp3) is 0.333. The van der Waals surface area contributed by atoms with Crippen molar-refractivity contribution in [2.75, 3.05) is 6.54 Å². The molecule has 8 nitrogen and oxygen atoms in total. The van der Waals surface area contributed by atoms with Crippen molar-refractivity contribution in [1.29, 1.82) is 0 Å². The Bertz CT molecular complexity index is 681. The van der Waals surface area contributed by atoms with Crippen LogP contribution in [0.2, 0.25) is 0 Å². The first-order valence-corrected chi connectivity index (χ1v) is 7.63. The number of aromatic carboxylic acids is 1. The Morgan fingerprint density at radius 2 is 1.95 bits per heavy atom. The van der Waals surface area contributed by atoms with E-state index in [0.717, 1.165) is 31.0 Å². The summed E-state index contributed by atoms with van der Waals surface area (Å²) in [5, 5.41) is 20.8. The quantitative estimate of drug-likeness (QED) is 0.567. The molecule has 0 radical (unpaired) electrons. The van der Waals surface area contributed by atoms with Gasteiger partial charge in [-0.15, -0.1) is 0 Å². The van der Waals surface area contributed by atoms with Gasteiger partial charge in [0, 0.05) is 6.04 Å². The van der Waals surface area contributed by atoms with E-state index in [4.69, 9.17) is 5.11 Å². The molecular weight excluding hydrogens is 300 g/mol. The normalized spacial score (nSPS) is 14.7. The molecule has 21 heavy (non-hydrogen) atoms. The van der Waals surface area contributed by atoms with Gasteiger partial charge in [-0.05, 0) is 31.0 Å². The number of phenols is 1. The molecule has 1 aromatic carbocycles. The van der Waals surface area contributed by atoms with Crippen molar-refractivity contribution in [3.05, 3.63) is 23.8 Å². The van der Waals surface area contributed by atoms with E-state index in [-0.39, 0.29) is 10.9 Å². The van der Waals surface area contributed by atoms with Crippen molar-refractivity contribution in [2.45, 2.75) is 23.8 Å². The minimum atomic E-state index is -4.03. The predicted octanol–water partition coefficient (Wildman–Crippen LogP) is -0.353. The van der Waals surface area contributed by atoms with Gasteiger partial charge in [-0.3, -0.25) is 4.79 Å². The number of nitrogens with one attached hydrogen (secondary N) is 2. The summed E-state index contributed by atoms with van der Waals surface area (Å²) in [6.45, 7) is -0.428. The minimum absolute atomic E-state index is 0.120. The zero-order chi connectivity index (χ0) is 15.6. The highest BCUT2D eigenvalue weighted by atomic mass is 32.2. The van der Waals surface area contributed by atoms with Gasteiger partial charge in [-0.2, -0.15) is 0 Å². The lowest BCUT2D eigenvalue weighted by molar-refractivity contribution is -0.120. The third kappa shape index (κ3) is 3.92. The molecule has 0 heterocycles. The molecule has 1 aromatic rings. The number of sulfonamides is 1. The number of carbonyl (C=O) groups excluding carboxylic acids is 1. The van der Waals surface area contributed by atoms with Crippen molar-refractivity contribution >= 4 is 21.9 Å². The number of carbonyl (C=O) groups is 2. The first kappa shape index (κ1) is 15.3. The monoisotopic (exact) mass is 314 g/mol. The smallest absolute Gasteiger partial charge is 0.339 e. The maximum Gasteiger partial charge on any atom is 0.339 e. The van der Waals surface area contributed by atoms with Crippen LogP contribution < -0.4 is 10.0 Å². The topological polar surface area (TPSA) is 133 Å². The van der Waals surface area contributed by atoms with Gasteiger partial charge in [0.2, 0.25) is 15.9 Å². The Hall–Kier alpha value is -2.13. The number of hydrogen-bond donors (Lipinski definition) is 4. The van der Waals surface area contributed by atoms with Crippen molar-refractivity contribution in [1.82, 2.24) is 10.0 Å². The van der Waals surface area contributed by atoms with Crippen LogP contribution in [-0.2, 0) is 14.8 Å². The summed E-state index contributed by atoms with van der Waals surface area (Å²) in [7, 11) is -4.03. The molecule has 2 rings (SSSR count). The van der Waals surface area contributed by atoms with Crippen molar-refractivity contribution in [3.63, 3.8) is 0 Å². The van der Waals surface area contributed by atoms with E-state index in [0.29, 0.717) is 0 Å². The lowest BCUT2D eigenvalue weighted by atomic mass is 10.2. The standard InChI is InChI=1S/C12H14N2O6S/c15-10-4-3-8(5-9(10)12(17)18)21(19,20)13-6-11(16)14-7-1-2-7/h3-5,7,13,15H,1-2,6H2,(H,14,16)(H,17,18). The lowest BCUT2D eigenvalue weighted by Gasteiger charge is -2.08. The summed E-state index contributed by atoms with van der Waals surface area (Å²) in [5.41, 5.74) is -0.527. The SMILES string of the molecule is O=C(CNS(=O)(=O)c1ccc(O)c(C(=O)O)c1)NC1CC1. The number of carboxylic acids is 1. The average Bonchev–Trinajstić information content (AvgIpc) is 3.20. The average molecular weight is 314 g/mol. The van der Waals surface area contributed by atoms with Gasteiger partial charge in [0.15, 0.2) is 0 Å². The summed E-state index contributed by atoms with van der Waals surface area (Å²) in [6, 6.07) is 2.98. The van der Waals surface area contributed by atoms with Gasteiger partial charge in [-0.1, -0.05) is 0 Å². The van der Waals surface area contributed by atoms with Crippen LogP contribution >= 0.6 is 0 Å². The van der Waals surface area contributed by atoms with Gasteiger partial charge in [0.25, 0.3) is 0 Å². The van der Waals surface area contributed by atoms with Crippen molar-refractivity contribution in [3.8, 4) is 5.75 Å². The van der Waals surface area contributed by atoms with Crippen LogP contribution in [0.15, 0.2) is 23.1 Å². The highest BCUT2D eigenvalue weighted by Gasteiger charge is 2.24. The van der Waals surface area contributed by atoms with E-state index in [1.54, 1.807) is 0 Å². The Balaban J connectivity index is 2.09. The molecule has 0 saturated heterocycles. The maximum absolute atomic E-state index is 12.0. The van der Waals surface area contributed by atoms with E-state index in [9.17, 15) is 23.1 Å². The fourth-order valence-electron chi connectivity index (χ4n) is 1.60. The molecule has 0 unspecified atom stereocenters. The number of carboxylic acid groups (broad SMARTS) is 1. The highest BCUT2D eigenvalue weighted by molar-refractivity contribution is 7.89. The molecule has 0 aliphatic heterocycles. The zero-order valence-electron chi connectivity index (χ0n) is 10.9. The number of amides is 1. The Morgan fingerprint density at radius 3 is 2.52 bits per heavy atom. The summed E-state index contributed by atoms with van der Waals surface area (Å²) in [4.78, 5) is 21.9. The number of benzene rings is 1. The molecule has 4 N–H and O–H groups in total. The third-order valence-corrected chi connectivity index (χ3v) is 4.27. The maximum atomic E-state index is 12.0. The summed E-state index contributed by atoms with van der Waals surface area (Å²) in [5.74, 6) is -2.43. The largest absolute Gasteiger partial charge is 0.507 e.